The van der Waals surface area contributed by atoms with Crippen LogP contribution in [-0.4, -0.2) is 20.3 Å². The molecule has 0 saturated heterocycles. The van der Waals surface area contributed by atoms with Gasteiger partial charge in [0.1, 0.15) is 19.0 Å². The van der Waals surface area contributed by atoms with Crippen molar-refractivity contribution in [2.24, 2.45) is 0 Å². The summed E-state index contributed by atoms with van der Waals surface area (Å²) in [5.41, 5.74) is 5.94. The molecule has 2 rings (SSSR count). The van der Waals surface area contributed by atoms with E-state index in [1.807, 2.05) is 18.2 Å². The summed E-state index contributed by atoms with van der Waals surface area (Å²) < 4.78 is 29.8. The Bertz CT molecular complexity index is 599. The second-order valence-electron chi connectivity index (χ2n) is 4.15. The zero-order chi connectivity index (χ0) is 15.2. The first-order valence-corrected chi connectivity index (χ1v) is 7.04. The van der Waals surface area contributed by atoms with Gasteiger partial charge in [-0.1, -0.05) is 12.1 Å². The van der Waals surface area contributed by atoms with E-state index in [1.54, 1.807) is 13.2 Å². The molecule has 2 N–H and O–H groups in total. The number of nitrogens with two attached hydrogens (primary N) is 1. The molecule has 0 atom stereocenters. The Morgan fingerprint density at radius 3 is 2.43 bits per heavy atom. The van der Waals surface area contributed by atoms with Crippen molar-refractivity contribution in [3.8, 4) is 17.2 Å². The highest BCUT2D eigenvalue weighted by atomic mass is 79.9. The van der Waals surface area contributed by atoms with Crippen molar-refractivity contribution in [1.82, 2.24) is 0 Å². The molecule has 0 aliphatic rings. The maximum absolute atomic E-state index is 13.1. The van der Waals surface area contributed by atoms with Gasteiger partial charge in [0.15, 0.2) is 17.2 Å². The molecule has 0 radical (unpaired) electrons. The third-order valence-electron chi connectivity index (χ3n) is 2.69. The zero-order valence-electron chi connectivity index (χ0n) is 11.4. The summed E-state index contributed by atoms with van der Waals surface area (Å²) >= 11 is 3.21. The van der Waals surface area contributed by atoms with Crippen LogP contribution in [0.5, 0.6) is 17.2 Å². The third-order valence-corrected chi connectivity index (χ3v) is 3.28. The Hall–Kier alpha value is -1.95. The summed E-state index contributed by atoms with van der Waals surface area (Å²) in [7, 11) is 1.58. The highest BCUT2D eigenvalue weighted by Crippen LogP contribution is 2.32. The van der Waals surface area contributed by atoms with Crippen LogP contribution in [0, 0.1) is 5.82 Å². The maximum atomic E-state index is 13.1. The zero-order valence-corrected chi connectivity index (χ0v) is 13.0. The fraction of sp³-hybridized carbons (Fsp3) is 0.200. The van der Waals surface area contributed by atoms with E-state index in [1.165, 1.54) is 12.1 Å². The van der Waals surface area contributed by atoms with E-state index in [2.05, 4.69) is 15.9 Å². The van der Waals surface area contributed by atoms with Crippen LogP contribution in [0.15, 0.2) is 40.9 Å². The maximum Gasteiger partial charge on any atom is 0.161 e. The predicted molar refractivity (Wildman–Crippen MR) is 82.5 cm³/mol. The Balaban J connectivity index is 1.91. The SMILES string of the molecule is COc1ccccc1OCCOc1c(N)cc(F)cc1Br. The molecule has 0 aliphatic carbocycles. The molecule has 0 saturated carbocycles. The molecule has 0 unspecified atom stereocenters. The van der Waals surface area contributed by atoms with Crippen molar-refractivity contribution in [1.29, 1.82) is 0 Å². The van der Waals surface area contributed by atoms with Crippen molar-refractivity contribution in [2.75, 3.05) is 26.1 Å². The van der Waals surface area contributed by atoms with E-state index in [0.717, 1.165) is 0 Å². The van der Waals surface area contributed by atoms with E-state index in [4.69, 9.17) is 19.9 Å². The normalized spacial score (nSPS) is 10.2. The van der Waals surface area contributed by atoms with Gasteiger partial charge in [0.25, 0.3) is 0 Å². The van der Waals surface area contributed by atoms with Gasteiger partial charge in [0.2, 0.25) is 0 Å². The lowest BCUT2D eigenvalue weighted by molar-refractivity contribution is 0.211. The number of hydrogen-bond acceptors (Lipinski definition) is 4. The first-order chi connectivity index (χ1) is 10.1. The van der Waals surface area contributed by atoms with E-state index in [0.29, 0.717) is 28.3 Å². The molecule has 112 valence electrons. The van der Waals surface area contributed by atoms with Gasteiger partial charge < -0.3 is 19.9 Å². The first-order valence-electron chi connectivity index (χ1n) is 6.25. The Kier molecular flexibility index (Phi) is 5.27. The quantitative estimate of drug-likeness (QED) is 0.634. The summed E-state index contributed by atoms with van der Waals surface area (Å²) in [6.45, 7) is 0.579. The van der Waals surface area contributed by atoms with Gasteiger partial charge in [-0.15, -0.1) is 0 Å². The van der Waals surface area contributed by atoms with Gasteiger partial charge in [0.05, 0.1) is 17.3 Å². The third kappa shape index (κ3) is 4.01. The molecule has 0 aromatic heterocycles. The van der Waals surface area contributed by atoms with Gasteiger partial charge in [-0.3, -0.25) is 0 Å². The average molecular weight is 356 g/mol. The van der Waals surface area contributed by atoms with Crippen LogP contribution in [0.2, 0.25) is 0 Å². The van der Waals surface area contributed by atoms with Gasteiger partial charge >= 0.3 is 0 Å². The van der Waals surface area contributed by atoms with E-state index in [-0.39, 0.29) is 12.3 Å². The number of para-hydroxylation sites is 2. The van der Waals surface area contributed by atoms with Crippen LogP contribution in [0.25, 0.3) is 0 Å². The molecule has 0 bridgehead atoms. The fourth-order valence-electron chi connectivity index (χ4n) is 1.77. The Morgan fingerprint density at radius 2 is 1.76 bits per heavy atom. The molecular formula is C15H15BrFNO3. The lowest BCUT2D eigenvalue weighted by Gasteiger charge is -2.13. The molecule has 0 spiro atoms. The minimum atomic E-state index is -0.419. The van der Waals surface area contributed by atoms with Crippen LogP contribution in [0.1, 0.15) is 0 Å². The minimum Gasteiger partial charge on any atom is -0.493 e. The van der Waals surface area contributed by atoms with Crippen molar-refractivity contribution < 1.29 is 18.6 Å². The van der Waals surface area contributed by atoms with Crippen molar-refractivity contribution in [3.63, 3.8) is 0 Å². The van der Waals surface area contributed by atoms with Gasteiger partial charge in [-0.05, 0) is 34.1 Å². The number of hydrogen-bond donors (Lipinski definition) is 1. The molecular weight excluding hydrogens is 341 g/mol. The highest BCUT2D eigenvalue weighted by molar-refractivity contribution is 9.10. The molecule has 2 aromatic carbocycles. The average Bonchev–Trinajstić information content (AvgIpc) is 2.45. The molecule has 2 aromatic rings. The largest absolute Gasteiger partial charge is 0.493 e. The number of methoxy groups -OCH3 is 1. The van der Waals surface area contributed by atoms with Crippen molar-refractivity contribution in [2.45, 2.75) is 0 Å². The minimum absolute atomic E-state index is 0.235. The van der Waals surface area contributed by atoms with Crippen LogP contribution in [-0.2, 0) is 0 Å². The summed E-state index contributed by atoms with van der Waals surface area (Å²) in [6, 6.07) is 9.84. The summed E-state index contributed by atoms with van der Waals surface area (Å²) in [4.78, 5) is 0. The lowest BCUT2D eigenvalue weighted by Crippen LogP contribution is -2.11. The topological polar surface area (TPSA) is 53.7 Å². The second-order valence-corrected chi connectivity index (χ2v) is 5.01. The van der Waals surface area contributed by atoms with Gasteiger partial charge in [-0.25, -0.2) is 4.39 Å². The Labute approximate surface area is 130 Å². The monoisotopic (exact) mass is 355 g/mol. The van der Waals surface area contributed by atoms with Crippen molar-refractivity contribution >= 4 is 21.6 Å². The number of rotatable bonds is 6. The number of benzene rings is 2. The molecule has 0 fully saturated rings. The molecule has 4 nitrogen and oxygen atoms in total. The number of ether oxygens (including phenoxy) is 3. The van der Waals surface area contributed by atoms with Crippen LogP contribution in [0.3, 0.4) is 0 Å². The lowest BCUT2D eigenvalue weighted by atomic mass is 10.3. The number of nitrogen functional groups attached to an aromatic ring is 1. The molecule has 0 amide bonds. The smallest absolute Gasteiger partial charge is 0.161 e. The van der Waals surface area contributed by atoms with Crippen molar-refractivity contribution in [3.05, 3.63) is 46.7 Å². The van der Waals surface area contributed by atoms with Gasteiger partial charge in [-0.2, -0.15) is 0 Å². The molecule has 6 heteroatoms. The number of anilines is 1. The highest BCUT2D eigenvalue weighted by Gasteiger charge is 2.09. The molecule has 21 heavy (non-hydrogen) atoms. The summed E-state index contributed by atoms with van der Waals surface area (Å²) in [5, 5.41) is 0. The molecule has 0 aliphatic heterocycles. The number of halogens is 2. The predicted octanol–water partition coefficient (Wildman–Crippen LogP) is 3.64. The fourth-order valence-corrected chi connectivity index (χ4v) is 2.33. The summed E-state index contributed by atoms with van der Waals surface area (Å²) in [6.07, 6.45) is 0. The van der Waals surface area contributed by atoms with E-state index >= 15 is 0 Å². The van der Waals surface area contributed by atoms with E-state index < -0.39 is 5.82 Å². The van der Waals surface area contributed by atoms with E-state index in [9.17, 15) is 4.39 Å². The Morgan fingerprint density at radius 1 is 1.10 bits per heavy atom. The second kappa shape index (κ2) is 7.17. The van der Waals surface area contributed by atoms with Crippen LogP contribution in [0.4, 0.5) is 10.1 Å². The van der Waals surface area contributed by atoms with Crippen LogP contribution >= 0.6 is 15.9 Å². The standard InChI is InChI=1S/C15H15BrFNO3/c1-19-13-4-2-3-5-14(13)20-6-7-21-15-11(16)8-10(17)9-12(15)18/h2-5,8-9H,6-7,18H2,1H3. The summed E-state index contributed by atoms with van der Waals surface area (Å²) in [5.74, 6) is 1.27. The van der Waals surface area contributed by atoms with Gasteiger partial charge in [0, 0.05) is 6.07 Å². The molecule has 0 heterocycles. The van der Waals surface area contributed by atoms with Crippen LogP contribution < -0.4 is 19.9 Å². The first kappa shape index (κ1) is 15.4.